The van der Waals surface area contributed by atoms with Gasteiger partial charge in [0.2, 0.25) is 0 Å². The molecular formula is C14H16O2. The Morgan fingerprint density at radius 3 is 2.50 bits per heavy atom. The van der Waals surface area contributed by atoms with Crippen molar-refractivity contribution in [2.75, 3.05) is 0 Å². The first kappa shape index (κ1) is 11.1. The summed E-state index contributed by atoms with van der Waals surface area (Å²) in [6.07, 6.45) is 2.58. The van der Waals surface area contributed by atoms with Crippen LogP contribution in [-0.2, 0) is 9.59 Å². The van der Waals surface area contributed by atoms with E-state index in [-0.39, 0.29) is 23.4 Å². The number of ketones is 2. The number of hydrogen-bond acceptors (Lipinski definition) is 2. The van der Waals surface area contributed by atoms with E-state index < -0.39 is 0 Å². The highest BCUT2D eigenvalue weighted by Crippen LogP contribution is 2.33. The van der Waals surface area contributed by atoms with Crippen LogP contribution in [-0.4, -0.2) is 11.6 Å². The van der Waals surface area contributed by atoms with Crippen LogP contribution in [0.25, 0.3) is 0 Å². The monoisotopic (exact) mass is 216 g/mol. The summed E-state index contributed by atoms with van der Waals surface area (Å²) in [5, 5.41) is 0. The minimum atomic E-state index is -0.362. The number of hydrogen-bond donors (Lipinski definition) is 0. The van der Waals surface area contributed by atoms with Crippen LogP contribution in [0.2, 0.25) is 0 Å². The molecule has 1 aliphatic carbocycles. The Labute approximate surface area is 95.7 Å². The van der Waals surface area contributed by atoms with Crippen LogP contribution in [0.5, 0.6) is 0 Å². The van der Waals surface area contributed by atoms with Crippen molar-refractivity contribution in [2.45, 2.75) is 32.1 Å². The molecule has 0 aliphatic heterocycles. The minimum Gasteiger partial charge on any atom is -0.299 e. The van der Waals surface area contributed by atoms with Crippen LogP contribution in [0.3, 0.4) is 0 Å². The molecule has 0 radical (unpaired) electrons. The minimum absolute atomic E-state index is 0.0191. The van der Waals surface area contributed by atoms with E-state index in [0.717, 1.165) is 24.8 Å². The van der Waals surface area contributed by atoms with Gasteiger partial charge in [-0.15, -0.1) is 0 Å². The van der Waals surface area contributed by atoms with Gasteiger partial charge in [0.05, 0.1) is 5.92 Å². The van der Waals surface area contributed by atoms with Gasteiger partial charge in [0.15, 0.2) is 5.78 Å². The lowest BCUT2D eigenvalue weighted by molar-refractivity contribution is -0.134. The van der Waals surface area contributed by atoms with E-state index in [9.17, 15) is 9.59 Å². The SMILES string of the molecule is CC(=O)C1CCCC(c2ccccc2)C1=O. The average Bonchev–Trinajstić information content (AvgIpc) is 2.30. The van der Waals surface area contributed by atoms with E-state index in [4.69, 9.17) is 0 Å². The van der Waals surface area contributed by atoms with Gasteiger partial charge >= 0.3 is 0 Å². The van der Waals surface area contributed by atoms with E-state index in [0.29, 0.717) is 0 Å². The predicted molar refractivity (Wildman–Crippen MR) is 62.2 cm³/mol. The molecule has 0 spiro atoms. The zero-order valence-electron chi connectivity index (χ0n) is 9.48. The molecule has 1 aromatic rings. The number of rotatable bonds is 2. The van der Waals surface area contributed by atoms with Crippen molar-refractivity contribution in [3.8, 4) is 0 Å². The van der Waals surface area contributed by atoms with Crippen LogP contribution in [0.15, 0.2) is 30.3 Å². The normalized spacial score (nSPS) is 25.4. The molecule has 0 amide bonds. The molecular weight excluding hydrogens is 200 g/mol. The lowest BCUT2D eigenvalue weighted by Gasteiger charge is -2.26. The second-order valence-corrected chi connectivity index (χ2v) is 4.46. The molecule has 2 heteroatoms. The quantitative estimate of drug-likeness (QED) is 0.712. The van der Waals surface area contributed by atoms with Gasteiger partial charge in [0.1, 0.15) is 5.78 Å². The molecule has 2 nitrogen and oxygen atoms in total. The Morgan fingerprint density at radius 1 is 1.19 bits per heavy atom. The van der Waals surface area contributed by atoms with Crippen molar-refractivity contribution in [1.82, 2.24) is 0 Å². The van der Waals surface area contributed by atoms with Gasteiger partial charge in [-0.1, -0.05) is 36.8 Å². The third-order valence-corrected chi connectivity index (χ3v) is 3.37. The fraction of sp³-hybridized carbons (Fsp3) is 0.429. The molecule has 2 atom stereocenters. The third-order valence-electron chi connectivity index (χ3n) is 3.37. The topological polar surface area (TPSA) is 34.1 Å². The van der Waals surface area contributed by atoms with Crippen LogP contribution in [0.4, 0.5) is 0 Å². The van der Waals surface area contributed by atoms with Crippen molar-refractivity contribution in [1.29, 1.82) is 0 Å². The van der Waals surface area contributed by atoms with Crippen molar-refractivity contribution in [3.63, 3.8) is 0 Å². The summed E-state index contributed by atoms with van der Waals surface area (Å²) in [6.45, 7) is 1.52. The molecule has 1 aliphatic rings. The van der Waals surface area contributed by atoms with Crippen molar-refractivity contribution >= 4 is 11.6 Å². The van der Waals surface area contributed by atoms with E-state index in [1.165, 1.54) is 6.92 Å². The Balaban J connectivity index is 2.23. The predicted octanol–water partition coefficient (Wildman–Crippen LogP) is 2.73. The Kier molecular flexibility index (Phi) is 3.18. The summed E-state index contributed by atoms with van der Waals surface area (Å²) in [6, 6.07) is 9.79. The van der Waals surface area contributed by atoms with Crippen molar-refractivity contribution < 1.29 is 9.59 Å². The van der Waals surface area contributed by atoms with Gasteiger partial charge in [0.25, 0.3) is 0 Å². The number of carbonyl (C=O) groups excluding carboxylic acids is 2. The van der Waals surface area contributed by atoms with Gasteiger partial charge in [-0.25, -0.2) is 0 Å². The third kappa shape index (κ3) is 2.06. The average molecular weight is 216 g/mol. The fourth-order valence-electron chi connectivity index (χ4n) is 2.47. The standard InChI is InChI=1S/C14H16O2/c1-10(15)12-8-5-9-13(14(12)16)11-6-3-2-4-7-11/h2-4,6-7,12-13H,5,8-9H2,1H3. The molecule has 1 aromatic carbocycles. The van der Waals surface area contributed by atoms with E-state index >= 15 is 0 Å². The van der Waals surface area contributed by atoms with E-state index in [1.54, 1.807) is 0 Å². The molecule has 0 bridgehead atoms. The molecule has 0 heterocycles. The second kappa shape index (κ2) is 4.60. The summed E-state index contributed by atoms with van der Waals surface area (Å²) in [5.74, 6) is -0.293. The maximum Gasteiger partial charge on any atom is 0.150 e. The summed E-state index contributed by atoms with van der Waals surface area (Å²) in [4.78, 5) is 23.5. The summed E-state index contributed by atoms with van der Waals surface area (Å²) >= 11 is 0. The number of benzene rings is 1. The lowest BCUT2D eigenvalue weighted by Crippen LogP contribution is -2.31. The maximum atomic E-state index is 12.1. The second-order valence-electron chi connectivity index (χ2n) is 4.46. The smallest absolute Gasteiger partial charge is 0.150 e. The van der Waals surface area contributed by atoms with Crippen LogP contribution in [0, 0.1) is 5.92 Å². The summed E-state index contributed by atoms with van der Waals surface area (Å²) < 4.78 is 0. The summed E-state index contributed by atoms with van der Waals surface area (Å²) in [5.41, 5.74) is 1.05. The maximum absolute atomic E-state index is 12.1. The molecule has 2 unspecified atom stereocenters. The molecule has 2 rings (SSSR count). The molecule has 1 saturated carbocycles. The van der Waals surface area contributed by atoms with Crippen molar-refractivity contribution in [3.05, 3.63) is 35.9 Å². The van der Waals surface area contributed by atoms with Crippen LogP contribution in [0.1, 0.15) is 37.7 Å². The summed E-state index contributed by atoms with van der Waals surface area (Å²) in [7, 11) is 0. The van der Waals surface area contributed by atoms with E-state index in [1.807, 2.05) is 30.3 Å². The first-order chi connectivity index (χ1) is 7.70. The molecule has 0 N–H and O–H groups in total. The molecule has 1 fully saturated rings. The van der Waals surface area contributed by atoms with Gasteiger partial charge < -0.3 is 0 Å². The zero-order chi connectivity index (χ0) is 11.5. The lowest BCUT2D eigenvalue weighted by atomic mass is 9.75. The molecule has 0 aromatic heterocycles. The van der Waals surface area contributed by atoms with Gasteiger partial charge in [-0.3, -0.25) is 9.59 Å². The first-order valence-electron chi connectivity index (χ1n) is 5.79. The molecule has 0 saturated heterocycles. The molecule has 16 heavy (non-hydrogen) atoms. The van der Waals surface area contributed by atoms with Gasteiger partial charge in [-0.05, 0) is 25.3 Å². The van der Waals surface area contributed by atoms with Crippen LogP contribution < -0.4 is 0 Å². The molecule has 84 valence electrons. The Bertz CT molecular complexity index is 394. The number of Topliss-reactive ketones (excluding diaryl/α,β-unsaturated/α-hetero) is 2. The number of carbonyl (C=O) groups is 2. The van der Waals surface area contributed by atoms with Crippen LogP contribution >= 0.6 is 0 Å². The van der Waals surface area contributed by atoms with Gasteiger partial charge in [0, 0.05) is 5.92 Å². The highest BCUT2D eigenvalue weighted by atomic mass is 16.1. The van der Waals surface area contributed by atoms with Gasteiger partial charge in [-0.2, -0.15) is 0 Å². The Hall–Kier alpha value is -1.44. The van der Waals surface area contributed by atoms with E-state index in [2.05, 4.69) is 0 Å². The fourth-order valence-corrected chi connectivity index (χ4v) is 2.47. The first-order valence-corrected chi connectivity index (χ1v) is 5.79. The highest BCUT2D eigenvalue weighted by molar-refractivity contribution is 6.04. The highest BCUT2D eigenvalue weighted by Gasteiger charge is 2.34. The Morgan fingerprint density at radius 2 is 1.88 bits per heavy atom. The zero-order valence-corrected chi connectivity index (χ0v) is 9.48. The van der Waals surface area contributed by atoms with Crippen molar-refractivity contribution in [2.24, 2.45) is 5.92 Å². The largest absolute Gasteiger partial charge is 0.299 e.